The van der Waals surface area contributed by atoms with Gasteiger partial charge in [-0.05, 0) is 38.5 Å². The molecule has 7 nitrogen and oxygen atoms in total. The Bertz CT molecular complexity index is 809. The van der Waals surface area contributed by atoms with Gasteiger partial charge in [-0.2, -0.15) is 13.2 Å². The first-order chi connectivity index (χ1) is 13.6. The normalized spacial score (nSPS) is 12.7. The smallest absolute Gasteiger partial charge is 0.419 e. The van der Waals surface area contributed by atoms with Crippen LogP contribution in [0.1, 0.15) is 44.4 Å². The number of esters is 1. The summed E-state index contributed by atoms with van der Waals surface area (Å²) in [5, 5.41) is 3.61. The number of amides is 2. The Balaban J connectivity index is 3.06. The molecule has 0 spiro atoms. The van der Waals surface area contributed by atoms with Crippen molar-refractivity contribution in [2.45, 2.75) is 45.0 Å². The first-order valence-corrected chi connectivity index (χ1v) is 8.91. The number of halogens is 5. The molecule has 0 aromatic heterocycles. The van der Waals surface area contributed by atoms with Gasteiger partial charge in [-0.15, -0.1) is 0 Å². The maximum atomic E-state index is 13.8. The molecule has 0 aliphatic rings. The second kappa shape index (κ2) is 9.96. The Kier molecular flexibility index (Phi) is 8.46. The first kappa shape index (κ1) is 25.5. The fourth-order valence-corrected chi connectivity index (χ4v) is 2.46. The number of carbonyl (C=O) groups is 3. The number of carbonyl (C=O) groups excluding carboxylic acids is 3. The van der Waals surface area contributed by atoms with E-state index in [1.54, 1.807) is 20.8 Å². The molecule has 1 atom stereocenters. The van der Waals surface area contributed by atoms with Gasteiger partial charge in [0.15, 0.2) is 5.82 Å². The van der Waals surface area contributed by atoms with Crippen LogP contribution in [0, 0.1) is 5.82 Å². The second-order valence-corrected chi connectivity index (χ2v) is 7.53. The number of ether oxygens (including phenoxy) is 2. The van der Waals surface area contributed by atoms with Crippen LogP contribution in [0.15, 0.2) is 12.1 Å². The molecule has 0 unspecified atom stereocenters. The lowest BCUT2D eigenvalue weighted by Gasteiger charge is -2.22. The van der Waals surface area contributed by atoms with Gasteiger partial charge in [0.25, 0.3) is 0 Å². The van der Waals surface area contributed by atoms with E-state index in [0.717, 1.165) is 13.2 Å². The molecule has 0 aliphatic carbocycles. The van der Waals surface area contributed by atoms with E-state index in [0.29, 0.717) is 6.07 Å². The van der Waals surface area contributed by atoms with Crippen molar-refractivity contribution in [3.05, 3.63) is 34.1 Å². The van der Waals surface area contributed by atoms with Gasteiger partial charge in [-0.1, -0.05) is 11.6 Å². The van der Waals surface area contributed by atoms with E-state index >= 15 is 0 Å². The van der Waals surface area contributed by atoms with Gasteiger partial charge in [-0.3, -0.25) is 9.59 Å². The van der Waals surface area contributed by atoms with Gasteiger partial charge < -0.3 is 20.1 Å². The number of alkyl halides is 3. The molecule has 168 valence electrons. The quantitative estimate of drug-likeness (QED) is 0.502. The van der Waals surface area contributed by atoms with Gasteiger partial charge in [0.1, 0.15) is 12.1 Å². The third-order valence-electron chi connectivity index (χ3n) is 3.48. The molecule has 0 fully saturated rings. The van der Waals surface area contributed by atoms with Crippen LogP contribution in [-0.2, 0) is 25.2 Å². The highest BCUT2D eigenvalue weighted by Gasteiger charge is 2.36. The molecule has 0 bridgehead atoms. The molecule has 1 aromatic rings. The molecular weight excluding hydrogens is 436 g/mol. The molecule has 0 aliphatic heterocycles. The average Bonchev–Trinajstić information content (AvgIpc) is 2.59. The summed E-state index contributed by atoms with van der Waals surface area (Å²) in [7, 11) is 1.05. The van der Waals surface area contributed by atoms with Crippen LogP contribution in [0.25, 0.3) is 0 Å². The van der Waals surface area contributed by atoms with Gasteiger partial charge in [0, 0.05) is 0 Å². The summed E-state index contributed by atoms with van der Waals surface area (Å²) in [4.78, 5) is 35.4. The van der Waals surface area contributed by atoms with Crippen molar-refractivity contribution in [3.63, 3.8) is 0 Å². The number of methoxy groups -OCH3 is 1. The van der Waals surface area contributed by atoms with E-state index in [-0.39, 0.29) is 5.56 Å². The van der Waals surface area contributed by atoms with E-state index in [4.69, 9.17) is 16.3 Å². The number of benzene rings is 1. The predicted octanol–water partition coefficient (Wildman–Crippen LogP) is 3.74. The Labute approximate surface area is 175 Å². The van der Waals surface area contributed by atoms with Crippen molar-refractivity contribution >= 4 is 29.6 Å². The summed E-state index contributed by atoms with van der Waals surface area (Å²) in [5.41, 5.74) is -2.74. The lowest BCUT2D eigenvalue weighted by molar-refractivity contribution is -0.141. The monoisotopic (exact) mass is 456 g/mol. The van der Waals surface area contributed by atoms with Crippen molar-refractivity contribution in [2.24, 2.45) is 0 Å². The van der Waals surface area contributed by atoms with Crippen molar-refractivity contribution in [3.8, 4) is 0 Å². The second-order valence-electron chi connectivity index (χ2n) is 7.12. The van der Waals surface area contributed by atoms with Crippen LogP contribution in [-0.4, -0.2) is 37.2 Å². The minimum Gasteiger partial charge on any atom is -0.469 e. The zero-order valence-electron chi connectivity index (χ0n) is 16.6. The molecule has 0 heterocycles. The molecule has 0 saturated heterocycles. The van der Waals surface area contributed by atoms with Crippen molar-refractivity contribution in [2.75, 3.05) is 13.7 Å². The van der Waals surface area contributed by atoms with E-state index in [1.165, 1.54) is 0 Å². The zero-order chi connectivity index (χ0) is 23.3. The van der Waals surface area contributed by atoms with E-state index in [1.807, 2.05) is 0 Å². The van der Waals surface area contributed by atoms with Crippen LogP contribution in [0.3, 0.4) is 0 Å². The van der Waals surface area contributed by atoms with E-state index < -0.39 is 65.2 Å². The van der Waals surface area contributed by atoms with Crippen molar-refractivity contribution in [1.29, 1.82) is 0 Å². The summed E-state index contributed by atoms with van der Waals surface area (Å²) < 4.78 is 62.4. The highest BCUT2D eigenvalue weighted by atomic mass is 35.5. The fourth-order valence-electron chi connectivity index (χ4n) is 2.23. The highest BCUT2D eigenvalue weighted by Crippen LogP contribution is 2.36. The number of hydrogen-bond acceptors (Lipinski definition) is 5. The summed E-state index contributed by atoms with van der Waals surface area (Å²) in [6, 6.07) is -0.0258. The molecule has 30 heavy (non-hydrogen) atoms. The van der Waals surface area contributed by atoms with Crippen LogP contribution >= 0.6 is 11.6 Å². The van der Waals surface area contributed by atoms with Crippen molar-refractivity contribution < 1.29 is 41.4 Å². The standard InChI is InChI=1S/C18H21ClF4N2O5/c1-17(2,3)30-16(28)24-8-13(26)25-12(7-14(27)29-4)9-5-10(18(21,22)23)15(20)11(19)6-9/h5-6,12H,7-8H2,1-4H3,(H,24,28)(H,25,26)/t12-/m0/s1. The van der Waals surface area contributed by atoms with Gasteiger partial charge >= 0.3 is 18.2 Å². The van der Waals surface area contributed by atoms with Gasteiger partial charge in [0.05, 0.1) is 30.2 Å². The molecular formula is C18H21ClF4N2O5. The van der Waals surface area contributed by atoms with E-state index in [9.17, 15) is 31.9 Å². The first-order valence-electron chi connectivity index (χ1n) is 8.53. The third-order valence-corrected chi connectivity index (χ3v) is 3.76. The molecule has 1 rings (SSSR count). The maximum Gasteiger partial charge on any atom is 0.419 e. The van der Waals surface area contributed by atoms with Crippen LogP contribution in [0.5, 0.6) is 0 Å². The fraction of sp³-hybridized carbons (Fsp3) is 0.500. The van der Waals surface area contributed by atoms with Crippen LogP contribution in [0.2, 0.25) is 5.02 Å². The number of rotatable bonds is 6. The summed E-state index contributed by atoms with van der Waals surface area (Å²) >= 11 is 5.56. The lowest BCUT2D eigenvalue weighted by Crippen LogP contribution is -2.41. The SMILES string of the molecule is COC(=O)C[C@H](NC(=O)CNC(=O)OC(C)(C)C)c1cc(Cl)c(F)c(C(F)(F)F)c1. The van der Waals surface area contributed by atoms with Crippen LogP contribution in [0.4, 0.5) is 22.4 Å². The van der Waals surface area contributed by atoms with Crippen molar-refractivity contribution in [1.82, 2.24) is 10.6 Å². The predicted molar refractivity (Wildman–Crippen MR) is 98.2 cm³/mol. The minimum atomic E-state index is -5.05. The molecule has 0 radical (unpaired) electrons. The third kappa shape index (κ3) is 8.05. The Hall–Kier alpha value is -2.56. The van der Waals surface area contributed by atoms with E-state index in [2.05, 4.69) is 15.4 Å². The summed E-state index contributed by atoms with van der Waals surface area (Å²) in [5.74, 6) is -3.37. The number of nitrogens with one attached hydrogen (secondary N) is 2. The van der Waals surface area contributed by atoms with Gasteiger partial charge in [0.2, 0.25) is 5.91 Å². The molecule has 2 amide bonds. The molecule has 12 heteroatoms. The highest BCUT2D eigenvalue weighted by molar-refractivity contribution is 6.30. The Morgan fingerprint density at radius 1 is 1.17 bits per heavy atom. The average molecular weight is 457 g/mol. The van der Waals surface area contributed by atoms with Gasteiger partial charge in [-0.25, -0.2) is 9.18 Å². The Morgan fingerprint density at radius 3 is 2.27 bits per heavy atom. The summed E-state index contributed by atoms with van der Waals surface area (Å²) in [6.07, 6.45) is -6.51. The molecule has 0 saturated carbocycles. The topological polar surface area (TPSA) is 93.7 Å². The summed E-state index contributed by atoms with van der Waals surface area (Å²) in [6.45, 7) is 4.23. The molecule has 2 N–H and O–H groups in total. The lowest BCUT2D eigenvalue weighted by atomic mass is 10.00. The number of alkyl carbamates (subject to hydrolysis) is 1. The maximum absolute atomic E-state index is 13.8. The minimum absolute atomic E-state index is 0.273. The Morgan fingerprint density at radius 2 is 1.77 bits per heavy atom. The largest absolute Gasteiger partial charge is 0.469 e. The zero-order valence-corrected chi connectivity index (χ0v) is 17.3. The van der Waals surface area contributed by atoms with Crippen LogP contribution < -0.4 is 10.6 Å². The number of hydrogen-bond donors (Lipinski definition) is 2. The molecule has 1 aromatic carbocycles.